The number of benzene rings is 1. The van der Waals surface area contributed by atoms with Gasteiger partial charge in [0.2, 0.25) is 5.91 Å². The molecule has 1 aromatic rings. The highest BCUT2D eigenvalue weighted by Gasteiger charge is 2.22. The zero-order chi connectivity index (χ0) is 15.2. The van der Waals surface area contributed by atoms with Crippen molar-refractivity contribution in [3.05, 3.63) is 34.6 Å². The number of ether oxygens (including phenoxy) is 1. The second kappa shape index (κ2) is 7.73. The molecular weight excluding hydrogens is 295 g/mol. The lowest BCUT2D eigenvalue weighted by molar-refractivity contribution is -0.121. The van der Waals surface area contributed by atoms with Crippen LogP contribution in [0, 0.1) is 5.82 Å². The Labute approximate surface area is 129 Å². The van der Waals surface area contributed by atoms with Gasteiger partial charge in [0.25, 0.3) is 0 Å². The van der Waals surface area contributed by atoms with Gasteiger partial charge in [-0.3, -0.25) is 9.69 Å². The van der Waals surface area contributed by atoms with Crippen LogP contribution in [-0.2, 0) is 9.53 Å². The van der Waals surface area contributed by atoms with E-state index in [-0.39, 0.29) is 17.0 Å². The number of nitrogens with one attached hydrogen (secondary N) is 1. The first kappa shape index (κ1) is 16.2. The molecule has 1 atom stereocenters. The highest BCUT2D eigenvalue weighted by atomic mass is 35.5. The minimum absolute atomic E-state index is 0.0605. The summed E-state index contributed by atoms with van der Waals surface area (Å²) in [6, 6.07) is 4.66. The molecule has 0 unspecified atom stereocenters. The van der Waals surface area contributed by atoms with Gasteiger partial charge >= 0.3 is 0 Å². The summed E-state index contributed by atoms with van der Waals surface area (Å²) in [5, 5.41) is 2.89. The number of carbonyl (C=O) groups is 1. The molecule has 0 spiro atoms. The van der Waals surface area contributed by atoms with E-state index in [1.807, 2.05) is 6.92 Å². The van der Waals surface area contributed by atoms with E-state index in [9.17, 15) is 9.18 Å². The fraction of sp³-hybridized carbons (Fsp3) is 0.533. The summed E-state index contributed by atoms with van der Waals surface area (Å²) in [6.07, 6.45) is 0.344. The van der Waals surface area contributed by atoms with Gasteiger partial charge in [-0.2, -0.15) is 0 Å². The Hall–Kier alpha value is -1.17. The number of hydrogen-bond acceptors (Lipinski definition) is 3. The highest BCUT2D eigenvalue weighted by Crippen LogP contribution is 2.26. The molecule has 1 aromatic carbocycles. The Balaban J connectivity index is 1.91. The first-order valence-electron chi connectivity index (χ1n) is 7.15. The van der Waals surface area contributed by atoms with Crippen molar-refractivity contribution in [1.82, 2.24) is 10.2 Å². The third-order valence-corrected chi connectivity index (χ3v) is 3.78. The van der Waals surface area contributed by atoms with Crippen molar-refractivity contribution in [2.75, 3.05) is 32.8 Å². The summed E-state index contributed by atoms with van der Waals surface area (Å²) in [5.41, 5.74) is 0.865. The van der Waals surface area contributed by atoms with E-state index in [2.05, 4.69) is 10.2 Å². The van der Waals surface area contributed by atoms with E-state index in [1.165, 1.54) is 6.07 Å². The molecule has 4 nitrogen and oxygen atoms in total. The maximum absolute atomic E-state index is 13.2. The van der Waals surface area contributed by atoms with E-state index in [4.69, 9.17) is 16.3 Å². The molecule has 1 saturated heterocycles. The van der Waals surface area contributed by atoms with Crippen molar-refractivity contribution in [2.45, 2.75) is 19.4 Å². The molecule has 0 bridgehead atoms. The lowest BCUT2D eigenvalue weighted by Gasteiger charge is -2.33. The molecule has 1 amide bonds. The van der Waals surface area contributed by atoms with E-state index >= 15 is 0 Å². The van der Waals surface area contributed by atoms with Gasteiger partial charge in [-0.05, 0) is 24.6 Å². The van der Waals surface area contributed by atoms with Crippen LogP contribution in [0.25, 0.3) is 0 Å². The number of rotatable bonds is 5. The number of carbonyl (C=O) groups excluding carboxylic acids is 1. The minimum Gasteiger partial charge on any atom is -0.371 e. The van der Waals surface area contributed by atoms with E-state index in [0.717, 1.165) is 12.1 Å². The zero-order valence-electron chi connectivity index (χ0n) is 12.1. The van der Waals surface area contributed by atoms with Crippen LogP contribution in [0.5, 0.6) is 0 Å². The van der Waals surface area contributed by atoms with Gasteiger partial charge in [0, 0.05) is 32.6 Å². The maximum atomic E-state index is 13.2. The van der Waals surface area contributed by atoms with Gasteiger partial charge in [0.05, 0.1) is 17.7 Å². The Morgan fingerprint density at radius 3 is 3.10 bits per heavy atom. The third-order valence-electron chi connectivity index (χ3n) is 3.50. The molecule has 1 heterocycles. The fourth-order valence-corrected chi connectivity index (χ4v) is 2.55. The molecule has 6 heteroatoms. The van der Waals surface area contributed by atoms with Gasteiger partial charge in [-0.15, -0.1) is 0 Å². The Bertz CT molecular complexity index is 499. The lowest BCUT2D eigenvalue weighted by atomic mass is 10.1. The van der Waals surface area contributed by atoms with Crippen molar-refractivity contribution in [2.24, 2.45) is 0 Å². The summed E-state index contributed by atoms with van der Waals surface area (Å²) in [4.78, 5) is 13.7. The van der Waals surface area contributed by atoms with Crippen molar-refractivity contribution < 1.29 is 13.9 Å². The number of amides is 1. The monoisotopic (exact) mass is 314 g/mol. The standard InChI is InChI=1S/C15H20ClFN2O2/c1-2-18-15(20)5-6-19-7-8-21-14(10-19)11-3-4-13(17)12(16)9-11/h3-4,9,14H,2,5-8,10H2,1H3,(H,18,20)/t14-/m1/s1. The molecule has 2 rings (SSSR count). The average molecular weight is 315 g/mol. The smallest absolute Gasteiger partial charge is 0.221 e. The fourth-order valence-electron chi connectivity index (χ4n) is 2.37. The van der Waals surface area contributed by atoms with Crippen LogP contribution in [0.2, 0.25) is 5.02 Å². The second-order valence-corrected chi connectivity index (χ2v) is 5.44. The van der Waals surface area contributed by atoms with Crippen molar-refractivity contribution in [1.29, 1.82) is 0 Å². The van der Waals surface area contributed by atoms with Gasteiger partial charge in [-0.1, -0.05) is 17.7 Å². The van der Waals surface area contributed by atoms with Gasteiger partial charge < -0.3 is 10.1 Å². The summed E-state index contributed by atoms with van der Waals surface area (Å²) in [6.45, 7) is 5.32. The summed E-state index contributed by atoms with van der Waals surface area (Å²) >= 11 is 5.81. The molecule has 0 saturated carbocycles. The number of morpholine rings is 1. The molecule has 1 aliphatic heterocycles. The SMILES string of the molecule is CCNC(=O)CCN1CCO[C@@H](c2ccc(F)c(Cl)c2)C1. The molecule has 1 fully saturated rings. The van der Waals surface area contributed by atoms with Crippen LogP contribution in [0.3, 0.4) is 0 Å². The molecule has 0 radical (unpaired) electrons. The van der Waals surface area contributed by atoms with Gasteiger partial charge in [0.15, 0.2) is 0 Å². The Morgan fingerprint density at radius 1 is 1.57 bits per heavy atom. The van der Waals surface area contributed by atoms with Crippen LogP contribution in [-0.4, -0.2) is 43.6 Å². The molecular formula is C15H20ClFN2O2. The summed E-state index contributed by atoms with van der Waals surface area (Å²) in [5.74, 6) is -0.366. The van der Waals surface area contributed by atoms with Crippen molar-refractivity contribution in [3.8, 4) is 0 Å². The van der Waals surface area contributed by atoms with Crippen LogP contribution >= 0.6 is 11.6 Å². The molecule has 116 valence electrons. The minimum atomic E-state index is -0.427. The maximum Gasteiger partial charge on any atom is 0.221 e. The lowest BCUT2D eigenvalue weighted by Crippen LogP contribution is -2.40. The predicted molar refractivity (Wildman–Crippen MR) is 79.8 cm³/mol. The van der Waals surface area contributed by atoms with Crippen LogP contribution in [0.15, 0.2) is 18.2 Å². The first-order valence-corrected chi connectivity index (χ1v) is 7.53. The normalized spacial score (nSPS) is 19.5. The van der Waals surface area contributed by atoms with Crippen LogP contribution in [0.1, 0.15) is 25.0 Å². The predicted octanol–water partition coefficient (Wildman–Crippen LogP) is 2.38. The summed E-state index contributed by atoms with van der Waals surface area (Å²) in [7, 11) is 0. The topological polar surface area (TPSA) is 41.6 Å². The zero-order valence-corrected chi connectivity index (χ0v) is 12.8. The molecule has 1 aliphatic rings. The number of nitrogens with zero attached hydrogens (tertiary/aromatic N) is 1. The van der Waals surface area contributed by atoms with Crippen LogP contribution in [0.4, 0.5) is 4.39 Å². The van der Waals surface area contributed by atoms with Gasteiger partial charge in [0.1, 0.15) is 5.82 Å². The number of halogens is 2. The molecule has 21 heavy (non-hydrogen) atoms. The molecule has 0 aliphatic carbocycles. The number of hydrogen-bond donors (Lipinski definition) is 1. The second-order valence-electron chi connectivity index (χ2n) is 5.04. The Morgan fingerprint density at radius 2 is 2.38 bits per heavy atom. The average Bonchev–Trinajstić information content (AvgIpc) is 2.49. The van der Waals surface area contributed by atoms with E-state index in [1.54, 1.807) is 12.1 Å². The largest absolute Gasteiger partial charge is 0.371 e. The van der Waals surface area contributed by atoms with Crippen molar-refractivity contribution >= 4 is 17.5 Å². The highest BCUT2D eigenvalue weighted by molar-refractivity contribution is 6.30. The quantitative estimate of drug-likeness (QED) is 0.907. The van der Waals surface area contributed by atoms with E-state index < -0.39 is 5.82 Å². The van der Waals surface area contributed by atoms with E-state index in [0.29, 0.717) is 32.7 Å². The first-order chi connectivity index (χ1) is 10.1. The summed E-state index contributed by atoms with van der Waals surface area (Å²) < 4.78 is 18.9. The molecule has 0 aromatic heterocycles. The van der Waals surface area contributed by atoms with Gasteiger partial charge in [-0.25, -0.2) is 4.39 Å². The molecule has 1 N–H and O–H groups in total. The third kappa shape index (κ3) is 4.66. The van der Waals surface area contributed by atoms with Crippen molar-refractivity contribution in [3.63, 3.8) is 0 Å². The van der Waals surface area contributed by atoms with Crippen LogP contribution < -0.4 is 5.32 Å². The Kier molecular flexibility index (Phi) is 5.96.